The van der Waals surface area contributed by atoms with Gasteiger partial charge < -0.3 is 9.84 Å². The molecule has 2 unspecified atom stereocenters. The fourth-order valence-electron chi connectivity index (χ4n) is 5.10. The van der Waals surface area contributed by atoms with Crippen molar-refractivity contribution in [2.24, 2.45) is 27.1 Å². The number of hydrogen-bond acceptors (Lipinski definition) is 10. The van der Waals surface area contributed by atoms with Crippen LogP contribution in [0.4, 0.5) is 5.69 Å². The monoisotopic (exact) mass is 911 g/mol. The molecule has 5 aromatic rings. The predicted molar refractivity (Wildman–Crippen MR) is 230 cm³/mol. The van der Waals surface area contributed by atoms with Crippen LogP contribution in [0.3, 0.4) is 0 Å². The van der Waals surface area contributed by atoms with Crippen LogP contribution in [0.2, 0.25) is 0 Å². The van der Waals surface area contributed by atoms with Crippen molar-refractivity contribution in [1.29, 1.82) is 0 Å². The normalized spacial score (nSPS) is 14.2. The van der Waals surface area contributed by atoms with E-state index in [1.165, 1.54) is 12.1 Å². The van der Waals surface area contributed by atoms with E-state index in [0.29, 0.717) is 24.3 Å². The Kier molecular flexibility index (Phi) is 16.5. The van der Waals surface area contributed by atoms with Crippen LogP contribution in [-0.2, 0) is 16.2 Å². The average molecular weight is 914 g/mol. The number of benzene rings is 5. The van der Waals surface area contributed by atoms with Gasteiger partial charge in [-0.25, -0.2) is 16.3 Å². The van der Waals surface area contributed by atoms with Crippen LogP contribution in [0, 0.1) is 28.9 Å². The Labute approximate surface area is 351 Å². The molecular weight excluding hydrogens is 874 g/mol. The Hall–Kier alpha value is -6.52. The highest BCUT2D eigenvalue weighted by Gasteiger charge is 2.48. The smallest absolute Gasteiger partial charge is 0.271 e. The number of rotatable bonds is 13. The lowest BCUT2D eigenvalue weighted by atomic mass is 10.2. The van der Waals surface area contributed by atoms with Gasteiger partial charge in [0, 0.05) is 32.2 Å². The molecule has 1 fully saturated rings. The molecule has 0 aromatic heterocycles. The first kappa shape index (κ1) is 44.2. The molecule has 58 heavy (non-hydrogen) atoms. The second kappa shape index (κ2) is 21.7. The van der Waals surface area contributed by atoms with E-state index in [2.05, 4.69) is 63.4 Å². The number of nitrogens with zero attached hydrogens (tertiary/aromatic N) is 4. The molecule has 6 rings (SSSR count). The first-order valence-electron chi connectivity index (χ1n) is 17.2. The number of hydrogen-bond donors (Lipinski definition) is 4. The summed E-state index contributed by atoms with van der Waals surface area (Å²) in [6, 6.07) is 33.1. The Morgan fingerprint density at radius 1 is 0.776 bits per heavy atom. The molecule has 1 aliphatic rings. The van der Waals surface area contributed by atoms with Gasteiger partial charge in [0.25, 0.3) is 11.6 Å². The maximum atomic E-state index is 12.2. The third kappa shape index (κ3) is 13.9. The highest BCUT2D eigenvalue weighted by molar-refractivity contribution is 9.10. The van der Waals surface area contributed by atoms with Gasteiger partial charge in [0.1, 0.15) is 18.1 Å². The quantitative estimate of drug-likeness (QED) is 0.0521. The number of phenols is 1. The number of phenolic OH excluding ortho intramolecular Hbond substituents is 1. The summed E-state index contributed by atoms with van der Waals surface area (Å²) in [6.07, 6.45) is 4.79. The summed E-state index contributed by atoms with van der Waals surface area (Å²) < 4.78 is 7.60. The fourth-order valence-corrected chi connectivity index (χ4v) is 5.96. The third-order valence-corrected chi connectivity index (χ3v) is 9.12. The van der Waals surface area contributed by atoms with E-state index in [4.69, 9.17) is 4.74 Å². The molecule has 1 saturated carbocycles. The topological polar surface area (TPSA) is 197 Å². The number of nitro benzene ring substituents is 1. The number of hydrazone groups is 3. The molecular formula is C42H39Br2N7O7. The second-order valence-corrected chi connectivity index (χ2v) is 14.4. The van der Waals surface area contributed by atoms with Crippen molar-refractivity contribution in [2.45, 2.75) is 27.4 Å². The van der Waals surface area contributed by atoms with E-state index < -0.39 is 10.8 Å². The van der Waals surface area contributed by atoms with Crippen molar-refractivity contribution in [2.75, 3.05) is 0 Å². The van der Waals surface area contributed by atoms with Crippen LogP contribution in [0.15, 0.2) is 140 Å². The number of nitrogens with one attached hydrogen (secondary N) is 3. The largest absolute Gasteiger partial charge is 0.507 e. The molecule has 0 saturated heterocycles. The molecule has 5 aromatic carbocycles. The zero-order chi connectivity index (χ0) is 40.7. The van der Waals surface area contributed by atoms with Crippen molar-refractivity contribution in [3.63, 3.8) is 0 Å². The van der Waals surface area contributed by atoms with E-state index >= 15 is 0 Å². The van der Waals surface area contributed by atoms with E-state index in [9.17, 15) is 29.6 Å². The maximum Gasteiger partial charge on any atom is 0.271 e. The Morgan fingerprint density at radius 3 is 1.97 bits per heavy atom. The zero-order valence-electron chi connectivity index (χ0n) is 30.2. The average Bonchev–Trinajstić information content (AvgIpc) is 4.00. The molecule has 298 valence electrons. The summed E-state index contributed by atoms with van der Waals surface area (Å²) >= 11 is 6.78. The highest BCUT2D eigenvalue weighted by Crippen LogP contribution is 2.38. The van der Waals surface area contributed by atoms with Crippen LogP contribution in [-0.4, -0.2) is 46.4 Å². The van der Waals surface area contributed by atoms with Crippen LogP contribution in [0.1, 0.15) is 52.0 Å². The van der Waals surface area contributed by atoms with Gasteiger partial charge in [-0.1, -0.05) is 93.4 Å². The number of carbonyl (C=O) groups excluding carboxylic acids is 3. The molecule has 2 atom stereocenters. The molecule has 0 radical (unpaired) electrons. The summed E-state index contributed by atoms with van der Waals surface area (Å²) in [4.78, 5) is 46.5. The van der Waals surface area contributed by atoms with Crippen LogP contribution in [0.25, 0.3) is 0 Å². The first-order valence-corrected chi connectivity index (χ1v) is 18.8. The van der Waals surface area contributed by atoms with Crippen LogP contribution >= 0.6 is 31.9 Å². The minimum Gasteiger partial charge on any atom is -0.507 e. The van der Waals surface area contributed by atoms with Gasteiger partial charge in [-0.2, -0.15) is 15.3 Å². The lowest BCUT2D eigenvalue weighted by Gasteiger charge is -2.07. The lowest BCUT2D eigenvalue weighted by Crippen LogP contribution is -2.25. The summed E-state index contributed by atoms with van der Waals surface area (Å²) in [5.41, 5.74) is 11.4. The van der Waals surface area contributed by atoms with Gasteiger partial charge in [-0.3, -0.25) is 24.5 Å². The number of carbonyl (C=O) groups is 3. The fraction of sp³-hybridized carbons (Fsp3) is 0.143. The number of non-ortho nitro benzene ring substituents is 1. The first-order chi connectivity index (χ1) is 27.4. The molecule has 0 heterocycles. The Balaban J connectivity index is 0.000000254. The standard InChI is InChI=1S/C21H16BrN3O5.C20H19BrN4O2.CH4/c22-17-3-1-2-14(10-17)13-30-19-7-4-15(5-8-19)21(27)24-23-12-16-11-18(25(28)29)6-9-20(16)26;1-13-4-2-5-14(8-13)11-22-24-19(26)17-10-18(17)20(27)25-23-12-15-6-3-7-16(21)9-15;/h1-12,26H,13H2,(H,24,27);2-9,11-12,17-18H,10H2,1H3,(H,24,26)(H,25,27);1H4/b23-12+;22-11+,23-12+;. The number of aromatic hydroxyl groups is 1. The van der Waals surface area contributed by atoms with Gasteiger partial charge in [-0.15, -0.1) is 0 Å². The number of aryl methyl sites for hydroxylation is 1. The van der Waals surface area contributed by atoms with Gasteiger partial charge >= 0.3 is 0 Å². The molecule has 1 aliphatic carbocycles. The molecule has 0 spiro atoms. The predicted octanol–water partition coefficient (Wildman–Crippen LogP) is 8.04. The van der Waals surface area contributed by atoms with Gasteiger partial charge in [-0.05, 0) is 84.6 Å². The third-order valence-electron chi connectivity index (χ3n) is 8.13. The van der Waals surface area contributed by atoms with E-state index in [-0.39, 0.29) is 48.1 Å². The summed E-state index contributed by atoms with van der Waals surface area (Å²) in [5, 5.41) is 32.2. The number of ether oxygens (including phenoxy) is 1. The minimum atomic E-state index is -0.588. The highest BCUT2D eigenvalue weighted by atomic mass is 79.9. The van der Waals surface area contributed by atoms with Crippen molar-refractivity contribution in [3.8, 4) is 11.5 Å². The second-order valence-electron chi connectivity index (χ2n) is 12.5. The Bertz CT molecular complexity index is 2260. The van der Waals surface area contributed by atoms with Gasteiger partial charge in [0.15, 0.2) is 0 Å². The zero-order valence-corrected chi connectivity index (χ0v) is 33.4. The van der Waals surface area contributed by atoms with Crippen molar-refractivity contribution >= 4 is 73.9 Å². The number of halogens is 2. The van der Waals surface area contributed by atoms with E-state index in [0.717, 1.165) is 43.5 Å². The van der Waals surface area contributed by atoms with Crippen LogP contribution < -0.4 is 21.0 Å². The minimum absolute atomic E-state index is 0. The van der Waals surface area contributed by atoms with Crippen LogP contribution in [0.5, 0.6) is 11.5 Å². The summed E-state index contributed by atoms with van der Waals surface area (Å²) in [5.74, 6) is -1.30. The van der Waals surface area contributed by atoms with E-state index in [1.807, 2.05) is 79.7 Å². The SMILES string of the molecule is C.Cc1cccc(/C=N/NC(=O)C2CC2C(=O)N/N=C/c2cccc(Br)c2)c1.O=C(N/N=C/c1cc([N+](=O)[O-])ccc1O)c1ccc(OCc2cccc(Br)c2)cc1. The van der Waals surface area contributed by atoms with E-state index in [1.54, 1.807) is 36.7 Å². The number of nitro groups is 1. The van der Waals surface area contributed by atoms with Gasteiger partial charge in [0.05, 0.1) is 35.4 Å². The molecule has 3 amide bonds. The summed E-state index contributed by atoms with van der Waals surface area (Å²) in [7, 11) is 0. The Morgan fingerprint density at radius 2 is 1.36 bits per heavy atom. The molecule has 16 heteroatoms. The number of amides is 3. The van der Waals surface area contributed by atoms with Gasteiger partial charge in [0.2, 0.25) is 11.8 Å². The molecule has 4 N–H and O–H groups in total. The molecule has 0 aliphatic heterocycles. The summed E-state index contributed by atoms with van der Waals surface area (Å²) in [6.45, 7) is 2.38. The van der Waals surface area contributed by atoms with Crippen molar-refractivity contribution in [1.82, 2.24) is 16.3 Å². The van der Waals surface area contributed by atoms with Crippen molar-refractivity contribution < 1.29 is 29.2 Å². The lowest BCUT2D eigenvalue weighted by molar-refractivity contribution is -0.384. The molecule has 0 bridgehead atoms. The molecule has 14 nitrogen and oxygen atoms in total. The maximum absolute atomic E-state index is 12.2. The van der Waals surface area contributed by atoms with Crippen molar-refractivity contribution in [3.05, 3.63) is 168 Å².